The number of nitrogens with zero attached hydrogens (tertiary/aromatic N) is 1. The molecular weight excluding hydrogens is 269 g/mol. The van der Waals surface area contributed by atoms with Crippen LogP contribution in [0.1, 0.15) is 16.1 Å². The van der Waals surface area contributed by atoms with Crippen LogP contribution in [0.25, 0.3) is 0 Å². The minimum Gasteiger partial charge on any atom is -0.397 e. The lowest BCUT2D eigenvalue weighted by molar-refractivity contribution is 0.102. The fraction of sp³-hybridized carbons (Fsp3) is 0.0769. The highest BCUT2D eigenvalue weighted by molar-refractivity contribution is 6.30. The number of aromatic nitrogens is 1. The Morgan fingerprint density at radius 1 is 1.42 bits per heavy atom. The van der Waals surface area contributed by atoms with Gasteiger partial charge in [0.2, 0.25) is 0 Å². The van der Waals surface area contributed by atoms with Crippen LogP contribution in [0.3, 0.4) is 0 Å². The number of rotatable bonds is 2. The summed E-state index contributed by atoms with van der Waals surface area (Å²) in [5.41, 5.74) is 6.81. The van der Waals surface area contributed by atoms with Gasteiger partial charge in [0.25, 0.3) is 5.91 Å². The Kier molecular flexibility index (Phi) is 3.66. The van der Waals surface area contributed by atoms with Gasteiger partial charge in [-0.1, -0.05) is 11.6 Å². The molecule has 0 aliphatic rings. The van der Waals surface area contributed by atoms with Gasteiger partial charge in [-0.2, -0.15) is 0 Å². The van der Waals surface area contributed by atoms with Gasteiger partial charge in [-0.3, -0.25) is 9.78 Å². The zero-order valence-corrected chi connectivity index (χ0v) is 10.8. The highest BCUT2D eigenvalue weighted by atomic mass is 35.5. The molecule has 1 amide bonds. The summed E-state index contributed by atoms with van der Waals surface area (Å²) in [5.74, 6) is -1.08. The Bertz CT molecular complexity index is 646. The normalized spacial score (nSPS) is 10.3. The van der Waals surface area contributed by atoms with Crippen LogP contribution in [0.15, 0.2) is 30.5 Å². The summed E-state index contributed by atoms with van der Waals surface area (Å²) in [5, 5.41) is 2.72. The molecular formula is C13H11ClFN3O. The maximum Gasteiger partial charge on any atom is 0.257 e. The Labute approximate surface area is 114 Å². The third kappa shape index (κ3) is 3.00. The number of halogens is 2. The number of aryl methyl sites for hydroxylation is 1. The van der Waals surface area contributed by atoms with E-state index in [4.69, 9.17) is 17.3 Å². The number of anilines is 2. The van der Waals surface area contributed by atoms with E-state index in [1.54, 1.807) is 6.92 Å². The van der Waals surface area contributed by atoms with Gasteiger partial charge in [-0.25, -0.2) is 4.39 Å². The Hall–Kier alpha value is -2.14. The van der Waals surface area contributed by atoms with Crippen molar-refractivity contribution in [1.29, 1.82) is 0 Å². The van der Waals surface area contributed by atoms with Crippen molar-refractivity contribution in [3.8, 4) is 0 Å². The topological polar surface area (TPSA) is 68.0 Å². The second-order valence-corrected chi connectivity index (χ2v) is 4.42. The van der Waals surface area contributed by atoms with Crippen LogP contribution in [-0.2, 0) is 0 Å². The summed E-state index contributed by atoms with van der Waals surface area (Å²) in [7, 11) is 0. The van der Waals surface area contributed by atoms with Gasteiger partial charge in [-0.15, -0.1) is 0 Å². The molecule has 3 N–H and O–H groups in total. The number of carbonyl (C=O) groups is 1. The fourth-order valence-corrected chi connectivity index (χ4v) is 1.72. The van der Waals surface area contributed by atoms with Crippen LogP contribution in [0.2, 0.25) is 5.02 Å². The summed E-state index contributed by atoms with van der Waals surface area (Å²) < 4.78 is 13.6. The van der Waals surface area contributed by atoms with Crippen molar-refractivity contribution in [2.75, 3.05) is 11.1 Å². The zero-order valence-electron chi connectivity index (χ0n) is 10.1. The molecule has 4 nitrogen and oxygen atoms in total. The number of amides is 1. The van der Waals surface area contributed by atoms with Gasteiger partial charge >= 0.3 is 0 Å². The molecule has 98 valence electrons. The lowest BCUT2D eigenvalue weighted by Gasteiger charge is -2.08. The van der Waals surface area contributed by atoms with Crippen LogP contribution >= 0.6 is 11.6 Å². The average molecular weight is 280 g/mol. The van der Waals surface area contributed by atoms with Crippen LogP contribution in [-0.4, -0.2) is 10.9 Å². The number of benzene rings is 1. The number of nitrogens with one attached hydrogen (secondary N) is 1. The van der Waals surface area contributed by atoms with E-state index >= 15 is 0 Å². The molecule has 0 saturated heterocycles. The molecule has 0 aliphatic heterocycles. The van der Waals surface area contributed by atoms with Crippen molar-refractivity contribution < 1.29 is 9.18 Å². The van der Waals surface area contributed by atoms with Crippen molar-refractivity contribution in [3.05, 3.63) is 52.6 Å². The molecule has 0 unspecified atom stereocenters. The Morgan fingerprint density at radius 2 is 2.16 bits per heavy atom. The van der Waals surface area contributed by atoms with Crippen LogP contribution in [0.4, 0.5) is 15.8 Å². The molecule has 0 saturated carbocycles. The van der Waals surface area contributed by atoms with Gasteiger partial charge in [0.05, 0.1) is 28.8 Å². The molecule has 0 aliphatic carbocycles. The monoisotopic (exact) mass is 279 g/mol. The number of carbonyl (C=O) groups excluding carboxylic acids is 1. The molecule has 2 aromatic rings. The minimum atomic E-state index is -0.602. The van der Waals surface area contributed by atoms with Crippen molar-refractivity contribution in [1.82, 2.24) is 4.98 Å². The molecule has 0 bridgehead atoms. The summed E-state index contributed by atoms with van der Waals surface area (Å²) in [4.78, 5) is 16.0. The maximum absolute atomic E-state index is 13.6. The van der Waals surface area contributed by atoms with Gasteiger partial charge in [0, 0.05) is 5.02 Å². The summed E-state index contributed by atoms with van der Waals surface area (Å²) in [6, 6.07) is 5.50. The van der Waals surface area contributed by atoms with Crippen molar-refractivity contribution >= 4 is 28.9 Å². The average Bonchev–Trinajstić information content (AvgIpc) is 2.35. The highest BCUT2D eigenvalue weighted by Gasteiger charge is 2.13. The van der Waals surface area contributed by atoms with Crippen molar-refractivity contribution in [2.24, 2.45) is 0 Å². The summed E-state index contributed by atoms with van der Waals surface area (Å²) >= 11 is 5.64. The first-order chi connectivity index (χ1) is 8.97. The second kappa shape index (κ2) is 5.24. The molecule has 1 heterocycles. The summed E-state index contributed by atoms with van der Waals surface area (Å²) in [6.07, 6.45) is 1.45. The molecule has 0 atom stereocenters. The van der Waals surface area contributed by atoms with Crippen molar-refractivity contribution in [3.63, 3.8) is 0 Å². The van der Waals surface area contributed by atoms with Crippen molar-refractivity contribution in [2.45, 2.75) is 6.92 Å². The Morgan fingerprint density at radius 3 is 2.84 bits per heavy atom. The molecule has 1 aromatic carbocycles. The third-order valence-electron chi connectivity index (χ3n) is 2.53. The molecule has 2 rings (SSSR count). The largest absolute Gasteiger partial charge is 0.397 e. The van der Waals surface area contributed by atoms with E-state index in [1.807, 2.05) is 0 Å². The second-order valence-electron chi connectivity index (χ2n) is 3.98. The zero-order chi connectivity index (χ0) is 14.0. The number of pyridine rings is 1. The van der Waals surface area contributed by atoms with E-state index in [9.17, 15) is 9.18 Å². The first kappa shape index (κ1) is 13.3. The molecule has 0 fully saturated rings. The quantitative estimate of drug-likeness (QED) is 0.888. The lowest BCUT2D eigenvalue weighted by Crippen LogP contribution is -2.15. The van der Waals surface area contributed by atoms with E-state index in [0.29, 0.717) is 16.9 Å². The molecule has 0 radical (unpaired) electrons. The standard InChI is InChI=1S/C13H11ClFN3O/c1-7-10(5-9(16)6-17-7)13(19)18-12-3-2-8(14)4-11(12)15/h2-6H,16H2,1H3,(H,18,19). The van der Waals surface area contributed by atoms with Crippen LogP contribution < -0.4 is 11.1 Å². The first-order valence-electron chi connectivity index (χ1n) is 5.46. The van der Waals surface area contributed by atoms with E-state index in [0.717, 1.165) is 6.07 Å². The van der Waals surface area contributed by atoms with Gasteiger partial charge in [0.1, 0.15) is 5.82 Å². The first-order valence-corrected chi connectivity index (χ1v) is 5.83. The van der Waals surface area contributed by atoms with Gasteiger partial charge in [0.15, 0.2) is 0 Å². The highest BCUT2D eigenvalue weighted by Crippen LogP contribution is 2.20. The number of nitrogens with two attached hydrogens (primary N) is 1. The molecule has 0 spiro atoms. The SMILES string of the molecule is Cc1ncc(N)cc1C(=O)Nc1ccc(Cl)cc1F. The summed E-state index contributed by atoms with van der Waals surface area (Å²) in [6.45, 7) is 1.67. The molecule has 6 heteroatoms. The number of nitrogen functional groups attached to an aromatic ring is 1. The minimum absolute atomic E-state index is 0.0521. The Balaban J connectivity index is 2.28. The lowest BCUT2D eigenvalue weighted by atomic mass is 10.1. The van der Waals surface area contributed by atoms with Gasteiger partial charge < -0.3 is 11.1 Å². The molecule has 19 heavy (non-hydrogen) atoms. The molecule has 1 aromatic heterocycles. The van der Waals surface area contributed by atoms with E-state index in [-0.39, 0.29) is 10.7 Å². The van der Waals surface area contributed by atoms with E-state index in [2.05, 4.69) is 10.3 Å². The predicted octanol–water partition coefficient (Wildman–Crippen LogP) is 3.02. The van der Waals surface area contributed by atoms with Crippen LogP contribution in [0, 0.1) is 12.7 Å². The maximum atomic E-state index is 13.6. The third-order valence-corrected chi connectivity index (χ3v) is 2.77. The van der Waals surface area contributed by atoms with Gasteiger partial charge in [-0.05, 0) is 31.2 Å². The number of hydrogen-bond acceptors (Lipinski definition) is 3. The smallest absolute Gasteiger partial charge is 0.257 e. The predicted molar refractivity (Wildman–Crippen MR) is 72.7 cm³/mol. The van der Waals surface area contributed by atoms with Crippen LogP contribution in [0.5, 0.6) is 0 Å². The fourth-order valence-electron chi connectivity index (χ4n) is 1.56. The van der Waals surface area contributed by atoms with E-state index < -0.39 is 11.7 Å². The van der Waals surface area contributed by atoms with E-state index in [1.165, 1.54) is 24.4 Å². The number of hydrogen-bond donors (Lipinski definition) is 2.